The first-order valence-corrected chi connectivity index (χ1v) is 9.17. The maximum absolute atomic E-state index is 13.2. The van der Waals surface area contributed by atoms with Gasteiger partial charge < -0.3 is 0 Å². The van der Waals surface area contributed by atoms with Gasteiger partial charge in [-0.2, -0.15) is 0 Å². The first kappa shape index (κ1) is 16.8. The van der Waals surface area contributed by atoms with E-state index >= 15 is 0 Å². The largest absolute Gasteiger partial charge is 0.389 e. The van der Waals surface area contributed by atoms with Gasteiger partial charge in [-0.15, -0.1) is 4.58 Å². The molecular weight excluding hydrogens is 364 g/mol. The molecule has 4 amide bonds. The molecule has 28 heavy (non-hydrogen) atoms. The van der Waals surface area contributed by atoms with E-state index in [2.05, 4.69) is 0 Å². The van der Waals surface area contributed by atoms with Gasteiger partial charge in [0, 0.05) is 16.9 Å². The number of rotatable bonds is 2. The van der Waals surface area contributed by atoms with Gasteiger partial charge in [-0.25, -0.2) is 9.59 Å². The fourth-order valence-corrected chi connectivity index (χ4v) is 4.87. The summed E-state index contributed by atoms with van der Waals surface area (Å²) in [6.45, 7) is 1.42. The molecular formula is C19H17N4O5+. The van der Waals surface area contributed by atoms with Crippen molar-refractivity contribution in [2.24, 2.45) is 0 Å². The molecule has 9 nitrogen and oxygen atoms in total. The third-order valence-electron chi connectivity index (χ3n) is 6.03. The molecule has 0 aromatic heterocycles. The van der Waals surface area contributed by atoms with Gasteiger partial charge in [-0.1, -0.05) is 24.3 Å². The molecule has 1 aromatic rings. The molecule has 142 valence electrons. The molecule has 0 N–H and O–H groups in total. The van der Waals surface area contributed by atoms with Gasteiger partial charge in [0.05, 0.1) is 19.4 Å². The second-order valence-electron chi connectivity index (χ2n) is 7.46. The molecule has 9 heteroatoms. The number of hydrogen-bond acceptors (Lipinski definition) is 5. The van der Waals surface area contributed by atoms with Gasteiger partial charge in [0.15, 0.2) is 11.9 Å². The summed E-state index contributed by atoms with van der Waals surface area (Å²) < 4.78 is 1.45. The van der Waals surface area contributed by atoms with Crippen LogP contribution < -0.4 is 0 Å². The lowest BCUT2D eigenvalue weighted by molar-refractivity contribution is -0.531. The van der Waals surface area contributed by atoms with Crippen LogP contribution in [0.15, 0.2) is 35.7 Å². The molecule has 5 rings (SSSR count). The zero-order valence-electron chi connectivity index (χ0n) is 15.1. The van der Waals surface area contributed by atoms with Crippen LogP contribution in [0.25, 0.3) is 0 Å². The SMILES string of the molecule is CC(=O)[N+]1=C[C@@H]2CC1=C1C(=O)N(C3CCC([N+](=O)[O-])c4ccccc43)C(=O)N12. The van der Waals surface area contributed by atoms with Crippen LogP contribution in [0, 0.1) is 10.1 Å². The third-order valence-corrected chi connectivity index (χ3v) is 6.03. The van der Waals surface area contributed by atoms with Crippen molar-refractivity contribution >= 4 is 24.1 Å². The number of benzene rings is 1. The zero-order valence-corrected chi connectivity index (χ0v) is 15.1. The Morgan fingerprint density at radius 2 is 1.89 bits per heavy atom. The number of urea groups is 1. The molecule has 2 bridgehead atoms. The second kappa shape index (κ2) is 5.57. The molecule has 0 spiro atoms. The Morgan fingerprint density at radius 3 is 2.57 bits per heavy atom. The molecule has 0 saturated carbocycles. The Labute approximate surface area is 159 Å². The van der Waals surface area contributed by atoms with E-state index in [4.69, 9.17) is 0 Å². The predicted molar refractivity (Wildman–Crippen MR) is 94.7 cm³/mol. The quantitative estimate of drug-likeness (QED) is 0.336. The number of fused-ring (bicyclic) bond motifs is 5. The van der Waals surface area contributed by atoms with E-state index < -0.39 is 24.0 Å². The number of carbonyl (C=O) groups is 3. The van der Waals surface area contributed by atoms with Crippen molar-refractivity contribution in [2.75, 3.05) is 0 Å². The summed E-state index contributed by atoms with van der Waals surface area (Å²) in [7, 11) is 0. The van der Waals surface area contributed by atoms with Crippen LogP contribution in [0.5, 0.6) is 0 Å². The highest BCUT2D eigenvalue weighted by Gasteiger charge is 2.60. The van der Waals surface area contributed by atoms with E-state index in [0.717, 1.165) is 0 Å². The second-order valence-corrected chi connectivity index (χ2v) is 7.46. The van der Waals surface area contributed by atoms with Crippen molar-refractivity contribution < 1.29 is 23.9 Å². The maximum Gasteiger partial charge on any atom is 0.389 e. The molecule has 1 fully saturated rings. The van der Waals surface area contributed by atoms with Crippen molar-refractivity contribution in [3.63, 3.8) is 0 Å². The van der Waals surface area contributed by atoms with E-state index in [1.165, 1.54) is 21.3 Å². The number of imide groups is 1. The van der Waals surface area contributed by atoms with Crippen LogP contribution in [-0.2, 0) is 9.59 Å². The van der Waals surface area contributed by atoms with Crippen LogP contribution in [0.2, 0.25) is 0 Å². The fraction of sp³-hybridized carbons (Fsp3) is 0.368. The first-order valence-electron chi connectivity index (χ1n) is 9.17. The first-order chi connectivity index (χ1) is 13.4. The number of nitrogens with zero attached hydrogens (tertiary/aromatic N) is 4. The minimum atomic E-state index is -0.834. The summed E-state index contributed by atoms with van der Waals surface area (Å²) in [6.07, 6.45) is 2.73. The van der Waals surface area contributed by atoms with Gasteiger partial charge in [-0.05, 0) is 12.0 Å². The van der Waals surface area contributed by atoms with Gasteiger partial charge in [0.1, 0.15) is 6.04 Å². The number of nitro groups is 1. The average Bonchev–Trinajstić information content (AvgIpc) is 3.33. The Balaban J connectivity index is 1.57. The molecule has 3 heterocycles. The maximum atomic E-state index is 13.2. The lowest BCUT2D eigenvalue weighted by Crippen LogP contribution is -2.41. The fourth-order valence-electron chi connectivity index (χ4n) is 4.87. The van der Waals surface area contributed by atoms with Crippen molar-refractivity contribution in [1.82, 2.24) is 9.80 Å². The Kier molecular flexibility index (Phi) is 3.34. The molecule has 2 unspecified atom stereocenters. The van der Waals surface area contributed by atoms with Gasteiger partial charge in [0.2, 0.25) is 11.7 Å². The normalized spacial score (nSPS) is 27.9. The van der Waals surface area contributed by atoms with Crippen molar-refractivity contribution in [2.45, 2.75) is 44.3 Å². The Hall–Kier alpha value is -3.36. The third kappa shape index (κ3) is 2.01. The molecule has 3 atom stereocenters. The highest BCUT2D eigenvalue weighted by atomic mass is 16.6. The average molecular weight is 381 g/mol. The summed E-state index contributed by atoms with van der Waals surface area (Å²) in [6, 6.07) is 4.80. The Morgan fingerprint density at radius 1 is 1.18 bits per heavy atom. The van der Waals surface area contributed by atoms with E-state index in [0.29, 0.717) is 29.7 Å². The minimum Gasteiger partial charge on any atom is -0.270 e. The standard InChI is InChI=1S/C19H17N4O5/c1-10(24)20-9-11-8-16(20)17-18(25)22(19(26)21(11)17)14-6-7-15(23(27)28)13-5-3-2-4-12(13)14/h2-5,9,11,14-15H,6-8H2,1H3/q+1/t11-,14?,15?/m0/s1. The van der Waals surface area contributed by atoms with E-state index in [1.807, 2.05) is 0 Å². The van der Waals surface area contributed by atoms with Crippen LogP contribution in [0.1, 0.15) is 49.4 Å². The summed E-state index contributed by atoms with van der Waals surface area (Å²) >= 11 is 0. The highest BCUT2D eigenvalue weighted by Crippen LogP contribution is 2.46. The minimum absolute atomic E-state index is 0.194. The van der Waals surface area contributed by atoms with Gasteiger partial charge >= 0.3 is 11.9 Å². The number of carbonyl (C=O) groups excluding carboxylic acids is 3. The van der Waals surface area contributed by atoms with Crippen LogP contribution >= 0.6 is 0 Å². The molecule has 0 radical (unpaired) electrons. The Bertz CT molecular complexity index is 1040. The lowest BCUT2D eigenvalue weighted by Gasteiger charge is -2.32. The number of amides is 4. The molecule has 4 aliphatic rings. The van der Waals surface area contributed by atoms with Crippen molar-refractivity contribution in [1.29, 1.82) is 0 Å². The summed E-state index contributed by atoms with van der Waals surface area (Å²) in [4.78, 5) is 51.9. The summed E-state index contributed by atoms with van der Waals surface area (Å²) in [5.41, 5.74) is 2.02. The summed E-state index contributed by atoms with van der Waals surface area (Å²) in [5.74, 6) is -0.624. The topological polar surface area (TPSA) is 104 Å². The van der Waals surface area contributed by atoms with Gasteiger partial charge in [0.25, 0.3) is 5.91 Å². The van der Waals surface area contributed by atoms with Crippen molar-refractivity contribution in [3.05, 3.63) is 56.9 Å². The summed E-state index contributed by atoms with van der Waals surface area (Å²) in [5, 5.41) is 11.4. The van der Waals surface area contributed by atoms with Gasteiger partial charge in [-0.3, -0.25) is 24.7 Å². The monoisotopic (exact) mass is 381 g/mol. The zero-order chi connectivity index (χ0) is 19.7. The van der Waals surface area contributed by atoms with Crippen LogP contribution in [0.4, 0.5) is 4.79 Å². The molecule has 1 aliphatic carbocycles. The molecule has 3 aliphatic heterocycles. The van der Waals surface area contributed by atoms with Crippen molar-refractivity contribution in [3.8, 4) is 0 Å². The lowest BCUT2D eigenvalue weighted by atomic mass is 9.83. The highest BCUT2D eigenvalue weighted by molar-refractivity contribution is 6.14. The predicted octanol–water partition coefficient (Wildman–Crippen LogP) is 1.73. The number of hydrogen-bond donors (Lipinski definition) is 0. The smallest absolute Gasteiger partial charge is 0.270 e. The van der Waals surface area contributed by atoms with E-state index in [1.54, 1.807) is 30.5 Å². The van der Waals surface area contributed by atoms with Crippen LogP contribution in [-0.4, -0.2) is 49.4 Å². The molecule has 1 aromatic carbocycles. The van der Waals surface area contributed by atoms with Crippen LogP contribution in [0.3, 0.4) is 0 Å². The van der Waals surface area contributed by atoms with E-state index in [9.17, 15) is 24.5 Å². The van der Waals surface area contributed by atoms with E-state index in [-0.39, 0.29) is 29.0 Å². The molecule has 1 saturated heterocycles.